The van der Waals surface area contributed by atoms with Crippen molar-refractivity contribution in [1.82, 2.24) is 9.38 Å². The summed E-state index contributed by atoms with van der Waals surface area (Å²) >= 11 is 5.95. The molecule has 0 saturated heterocycles. The van der Waals surface area contributed by atoms with Gasteiger partial charge in [-0.3, -0.25) is 9.20 Å². The minimum absolute atomic E-state index is 0.0352. The first-order chi connectivity index (χ1) is 11.5. The summed E-state index contributed by atoms with van der Waals surface area (Å²) < 4.78 is 1.25. The molecule has 0 unspecified atom stereocenters. The summed E-state index contributed by atoms with van der Waals surface area (Å²) in [5, 5.41) is 9.66. The molecular formula is C18H13ClN2O3. The Kier molecular flexibility index (Phi) is 4.18. The maximum atomic E-state index is 12.5. The SMILES string of the molecule is Cc1c(/C=C/c2cccc(Cl)c2)nc2ccc(C(=O)O)cn2c1=O. The maximum Gasteiger partial charge on any atom is 0.337 e. The molecule has 2 heterocycles. The van der Waals surface area contributed by atoms with Crippen LogP contribution in [0.25, 0.3) is 17.8 Å². The number of carboxylic acids is 1. The summed E-state index contributed by atoms with van der Waals surface area (Å²) in [6, 6.07) is 10.3. The van der Waals surface area contributed by atoms with Crippen molar-refractivity contribution in [3.63, 3.8) is 0 Å². The molecule has 3 aromatic rings. The number of hydrogen-bond donors (Lipinski definition) is 1. The molecule has 1 aromatic carbocycles. The highest BCUT2D eigenvalue weighted by atomic mass is 35.5. The fourth-order valence-electron chi connectivity index (χ4n) is 2.32. The molecule has 1 N–H and O–H groups in total. The van der Waals surface area contributed by atoms with Gasteiger partial charge in [-0.15, -0.1) is 0 Å². The van der Waals surface area contributed by atoms with Crippen LogP contribution in [0.4, 0.5) is 0 Å². The second-order valence-corrected chi connectivity index (χ2v) is 5.70. The Balaban J connectivity index is 2.09. The predicted molar refractivity (Wildman–Crippen MR) is 93.5 cm³/mol. The van der Waals surface area contributed by atoms with Crippen LogP contribution < -0.4 is 5.56 Å². The van der Waals surface area contributed by atoms with E-state index in [0.717, 1.165) is 5.56 Å². The first kappa shape index (κ1) is 16.0. The Morgan fingerprint density at radius 1 is 1.25 bits per heavy atom. The lowest BCUT2D eigenvalue weighted by molar-refractivity contribution is 0.0696. The van der Waals surface area contributed by atoms with Crippen LogP contribution in [0.15, 0.2) is 47.4 Å². The van der Waals surface area contributed by atoms with Gasteiger partial charge in [-0.25, -0.2) is 9.78 Å². The van der Waals surface area contributed by atoms with Crippen LogP contribution in [-0.2, 0) is 0 Å². The first-order valence-electron chi connectivity index (χ1n) is 7.15. The largest absolute Gasteiger partial charge is 0.478 e. The summed E-state index contributed by atoms with van der Waals surface area (Å²) in [6.07, 6.45) is 4.85. The van der Waals surface area contributed by atoms with Crippen LogP contribution in [0.1, 0.15) is 27.2 Å². The average Bonchev–Trinajstić information content (AvgIpc) is 2.56. The summed E-state index contributed by atoms with van der Waals surface area (Å²) in [6.45, 7) is 1.66. The fraction of sp³-hybridized carbons (Fsp3) is 0.0556. The topological polar surface area (TPSA) is 71.7 Å². The molecule has 0 saturated carbocycles. The van der Waals surface area contributed by atoms with Crippen molar-refractivity contribution in [3.8, 4) is 0 Å². The van der Waals surface area contributed by atoms with Gasteiger partial charge in [0.05, 0.1) is 11.3 Å². The smallest absolute Gasteiger partial charge is 0.337 e. The molecule has 0 fully saturated rings. The normalized spacial score (nSPS) is 11.2. The molecule has 0 aliphatic heterocycles. The molecular weight excluding hydrogens is 328 g/mol. The zero-order valence-electron chi connectivity index (χ0n) is 12.7. The average molecular weight is 341 g/mol. The fourth-order valence-corrected chi connectivity index (χ4v) is 2.52. The third-order valence-corrected chi connectivity index (χ3v) is 3.85. The van der Waals surface area contributed by atoms with Crippen molar-refractivity contribution in [2.75, 3.05) is 0 Å². The summed E-state index contributed by atoms with van der Waals surface area (Å²) in [5.41, 5.74) is 1.99. The number of halogens is 1. The van der Waals surface area contributed by atoms with E-state index < -0.39 is 5.97 Å². The third-order valence-electron chi connectivity index (χ3n) is 3.62. The molecule has 3 rings (SSSR count). The lowest BCUT2D eigenvalue weighted by atomic mass is 10.1. The van der Waals surface area contributed by atoms with E-state index in [-0.39, 0.29) is 11.1 Å². The molecule has 2 aromatic heterocycles. The lowest BCUT2D eigenvalue weighted by Crippen LogP contribution is -2.20. The first-order valence-corrected chi connectivity index (χ1v) is 7.53. The van der Waals surface area contributed by atoms with E-state index in [0.29, 0.717) is 21.9 Å². The van der Waals surface area contributed by atoms with Crippen LogP contribution in [0.2, 0.25) is 5.02 Å². The van der Waals surface area contributed by atoms with Gasteiger partial charge < -0.3 is 5.11 Å². The van der Waals surface area contributed by atoms with Crippen molar-refractivity contribution in [2.24, 2.45) is 0 Å². The van der Waals surface area contributed by atoms with Gasteiger partial charge in [0.1, 0.15) is 5.65 Å². The van der Waals surface area contributed by atoms with Crippen molar-refractivity contribution in [2.45, 2.75) is 6.92 Å². The number of carboxylic acid groups (broad SMARTS) is 1. The highest BCUT2D eigenvalue weighted by molar-refractivity contribution is 6.30. The number of nitrogens with zero attached hydrogens (tertiary/aromatic N) is 2. The minimum Gasteiger partial charge on any atom is -0.478 e. The molecule has 0 atom stereocenters. The Morgan fingerprint density at radius 2 is 2.04 bits per heavy atom. The van der Waals surface area contributed by atoms with E-state index >= 15 is 0 Å². The minimum atomic E-state index is -1.09. The Labute approximate surface area is 142 Å². The molecule has 0 amide bonds. The summed E-state index contributed by atoms with van der Waals surface area (Å²) in [5.74, 6) is -1.09. The van der Waals surface area contributed by atoms with Gasteiger partial charge in [0.15, 0.2) is 0 Å². The van der Waals surface area contributed by atoms with Gasteiger partial charge in [0.2, 0.25) is 0 Å². The Bertz CT molecular complexity index is 1040. The van der Waals surface area contributed by atoms with Crippen LogP contribution in [0.5, 0.6) is 0 Å². The number of aromatic carboxylic acids is 1. The molecule has 24 heavy (non-hydrogen) atoms. The lowest BCUT2D eigenvalue weighted by Gasteiger charge is -2.06. The van der Waals surface area contributed by atoms with Gasteiger partial charge in [-0.1, -0.05) is 29.8 Å². The predicted octanol–water partition coefficient (Wildman–Crippen LogP) is 3.52. The van der Waals surface area contributed by atoms with E-state index in [4.69, 9.17) is 16.7 Å². The number of pyridine rings is 1. The quantitative estimate of drug-likeness (QED) is 0.791. The number of hydrogen-bond acceptors (Lipinski definition) is 3. The molecule has 6 heteroatoms. The Morgan fingerprint density at radius 3 is 2.75 bits per heavy atom. The van der Waals surface area contributed by atoms with E-state index in [9.17, 15) is 9.59 Å². The second-order valence-electron chi connectivity index (χ2n) is 5.27. The third kappa shape index (κ3) is 3.07. The standard InChI is InChI=1S/C18H13ClN2O3/c1-11-15(7-5-12-3-2-4-14(19)9-12)20-16-8-6-13(18(23)24)10-21(16)17(11)22/h2-10H,1H3,(H,23,24)/b7-5+. The molecule has 0 bridgehead atoms. The molecule has 0 aliphatic carbocycles. The van der Waals surface area contributed by atoms with E-state index in [2.05, 4.69) is 4.98 Å². The van der Waals surface area contributed by atoms with E-state index in [1.54, 1.807) is 25.1 Å². The second kappa shape index (κ2) is 6.29. The molecule has 0 aliphatic rings. The maximum absolute atomic E-state index is 12.5. The van der Waals surface area contributed by atoms with E-state index in [1.165, 1.54) is 22.7 Å². The van der Waals surface area contributed by atoms with Crippen LogP contribution in [0.3, 0.4) is 0 Å². The number of rotatable bonds is 3. The number of aromatic nitrogens is 2. The van der Waals surface area contributed by atoms with Gasteiger partial charge in [0, 0.05) is 16.8 Å². The molecule has 120 valence electrons. The van der Waals surface area contributed by atoms with Gasteiger partial charge in [-0.2, -0.15) is 0 Å². The number of carbonyl (C=O) groups is 1. The monoisotopic (exact) mass is 340 g/mol. The van der Waals surface area contributed by atoms with Gasteiger partial charge >= 0.3 is 5.97 Å². The zero-order chi connectivity index (χ0) is 17.3. The van der Waals surface area contributed by atoms with Crippen LogP contribution in [-0.4, -0.2) is 20.5 Å². The molecule has 0 spiro atoms. The van der Waals surface area contributed by atoms with Crippen LogP contribution in [0, 0.1) is 6.92 Å². The van der Waals surface area contributed by atoms with Gasteiger partial charge in [-0.05, 0) is 42.8 Å². The number of fused-ring (bicyclic) bond motifs is 1. The molecule has 0 radical (unpaired) electrons. The molecule has 5 nitrogen and oxygen atoms in total. The van der Waals surface area contributed by atoms with Gasteiger partial charge in [0.25, 0.3) is 5.56 Å². The Hall–Kier alpha value is -2.92. The summed E-state index contributed by atoms with van der Waals surface area (Å²) in [7, 11) is 0. The summed E-state index contributed by atoms with van der Waals surface area (Å²) in [4.78, 5) is 27.9. The zero-order valence-corrected chi connectivity index (χ0v) is 13.5. The number of benzene rings is 1. The van der Waals surface area contributed by atoms with Crippen molar-refractivity contribution in [1.29, 1.82) is 0 Å². The highest BCUT2D eigenvalue weighted by Crippen LogP contribution is 2.14. The van der Waals surface area contributed by atoms with Crippen molar-refractivity contribution < 1.29 is 9.90 Å². The van der Waals surface area contributed by atoms with E-state index in [1.807, 2.05) is 18.2 Å². The van der Waals surface area contributed by atoms with Crippen LogP contribution >= 0.6 is 11.6 Å². The van der Waals surface area contributed by atoms with Crippen molar-refractivity contribution in [3.05, 3.63) is 80.4 Å². The van der Waals surface area contributed by atoms with Crippen molar-refractivity contribution >= 4 is 35.4 Å². The highest BCUT2D eigenvalue weighted by Gasteiger charge is 2.09.